The highest BCUT2D eigenvalue weighted by Crippen LogP contribution is 2.44. The molecule has 218 valence electrons. The SMILES string of the molecule is COc1ccc2c(c1)c(CC(NC(=O)OCC1c3ccccc3-c3ccccc31)C(=O)O)cn2CC(=O)OC(C)(C)C. The van der Waals surface area contributed by atoms with Crippen LogP contribution >= 0.6 is 0 Å². The Morgan fingerprint density at radius 3 is 2.21 bits per heavy atom. The average Bonchev–Trinajstić information content (AvgIpc) is 3.44. The van der Waals surface area contributed by atoms with Crippen molar-refractivity contribution < 1.29 is 33.7 Å². The molecule has 0 bridgehead atoms. The molecule has 42 heavy (non-hydrogen) atoms. The number of fused-ring (bicyclic) bond motifs is 4. The Bertz CT molecular complexity index is 1600. The summed E-state index contributed by atoms with van der Waals surface area (Å²) >= 11 is 0. The fourth-order valence-electron chi connectivity index (χ4n) is 5.49. The third-order valence-corrected chi connectivity index (χ3v) is 7.25. The molecule has 1 amide bonds. The van der Waals surface area contributed by atoms with Crippen molar-refractivity contribution in [3.63, 3.8) is 0 Å². The second-order valence-corrected chi connectivity index (χ2v) is 11.3. The molecule has 0 radical (unpaired) electrons. The molecular formula is C33H34N2O7. The molecule has 1 unspecified atom stereocenters. The molecule has 3 aromatic carbocycles. The zero-order chi connectivity index (χ0) is 30.0. The van der Waals surface area contributed by atoms with E-state index < -0.39 is 29.7 Å². The number of hydrogen-bond donors (Lipinski definition) is 2. The highest BCUT2D eigenvalue weighted by molar-refractivity contribution is 5.88. The maximum absolute atomic E-state index is 12.9. The summed E-state index contributed by atoms with van der Waals surface area (Å²) in [7, 11) is 1.54. The third-order valence-electron chi connectivity index (χ3n) is 7.25. The summed E-state index contributed by atoms with van der Waals surface area (Å²) in [6.07, 6.45) is 0.854. The fraction of sp³-hybridized carbons (Fsp3) is 0.303. The number of benzene rings is 3. The number of methoxy groups -OCH3 is 1. The number of nitrogens with one attached hydrogen (secondary N) is 1. The van der Waals surface area contributed by atoms with Crippen LogP contribution in [0.5, 0.6) is 5.75 Å². The largest absolute Gasteiger partial charge is 0.497 e. The minimum atomic E-state index is -1.27. The van der Waals surface area contributed by atoms with Gasteiger partial charge in [-0.2, -0.15) is 0 Å². The monoisotopic (exact) mass is 570 g/mol. The number of ether oxygens (including phenoxy) is 3. The van der Waals surface area contributed by atoms with Gasteiger partial charge in [0.25, 0.3) is 0 Å². The van der Waals surface area contributed by atoms with Gasteiger partial charge in [-0.15, -0.1) is 0 Å². The van der Waals surface area contributed by atoms with Crippen molar-refractivity contribution in [2.45, 2.75) is 51.3 Å². The van der Waals surface area contributed by atoms with E-state index in [2.05, 4.69) is 5.32 Å². The van der Waals surface area contributed by atoms with Gasteiger partial charge in [0.05, 0.1) is 7.11 Å². The summed E-state index contributed by atoms with van der Waals surface area (Å²) in [6, 6.07) is 20.1. The van der Waals surface area contributed by atoms with Gasteiger partial charge in [-0.1, -0.05) is 48.5 Å². The van der Waals surface area contributed by atoms with Crippen molar-refractivity contribution in [3.8, 4) is 16.9 Å². The van der Waals surface area contributed by atoms with Crippen LogP contribution in [0.1, 0.15) is 43.4 Å². The van der Waals surface area contributed by atoms with E-state index in [4.69, 9.17) is 14.2 Å². The number of nitrogens with zero attached hydrogens (tertiary/aromatic N) is 1. The first-order valence-corrected chi connectivity index (χ1v) is 13.8. The van der Waals surface area contributed by atoms with Gasteiger partial charge in [-0.3, -0.25) is 4.79 Å². The number of alkyl carbamates (subject to hydrolysis) is 1. The Morgan fingerprint density at radius 2 is 1.62 bits per heavy atom. The second-order valence-electron chi connectivity index (χ2n) is 11.3. The lowest BCUT2D eigenvalue weighted by Gasteiger charge is -2.19. The van der Waals surface area contributed by atoms with Crippen LogP contribution in [0.15, 0.2) is 72.9 Å². The van der Waals surface area contributed by atoms with Gasteiger partial charge in [0.15, 0.2) is 0 Å². The lowest BCUT2D eigenvalue weighted by Crippen LogP contribution is -2.42. The molecule has 1 aliphatic rings. The molecule has 0 saturated carbocycles. The molecule has 5 rings (SSSR count). The summed E-state index contributed by atoms with van der Waals surface area (Å²) in [5.41, 5.74) is 5.02. The van der Waals surface area contributed by atoms with Gasteiger partial charge in [-0.05, 0) is 66.8 Å². The van der Waals surface area contributed by atoms with Crippen molar-refractivity contribution in [2.24, 2.45) is 0 Å². The number of amides is 1. The van der Waals surface area contributed by atoms with Crippen LogP contribution < -0.4 is 10.1 Å². The van der Waals surface area contributed by atoms with Gasteiger partial charge < -0.3 is 29.2 Å². The van der Waals surface area contributed by atoms with Gasteiger partial charge >= 0.3 is 18.0 Å². The molecule has 1 heterocycles. The van der Waals surface area contributed by atoms with E-state index in [0.717, 1.165) is 22.3 Å². The Kier molecular flexibility index (Phi) is 7.93. The maximum Gasteiger partial charge on any atom is 0.407 e. The summed E-state index contributed by atoms with van der Waals surface area (Å²) < 4.78 is 18.2. The standard InChI is InChI=1S/C33H34N2O7/c1-33(2,3)42-30(36)18-35-17-20(26-16-21(40-4)13-14-29(26)35)15-28(31(37)38)34-32(39)41-19-27-24-11-7-5-9-22(24)23-10-6-8-12-25(23)27/h5-14,16-17,27-28H,15,18-19H2,1-4H3,(H,34,39)(H,37,38). The van der Waals surface area contributed by atoms with Gasteiger partial charge in [0, 0.05) is 29.4 Å². The van der Waals surface area contributed by atoms with Crippen LogP contribution in [-0.4, -0.2) is 53.1 Å². The van der Waals surface area contributed by atoms with Crippen LogP contribution in [0.2, 0.25) is 0 Å². The summed E-state index contributed by atoms with van der Waals surface area (Å²) in [4.78, 5) is 37.7. The van der Waals surface area contributed by atoms with Crippen molar-refractivity contribution in [3.05, 3.63) is 89.6 Å². The number of aromatic nitrogens is 1. The molecule has 9 nitrogen and oxygen atoms in total. The molecule has 4 aromatic rings. The molecule has 1 aliphatic carbocycles. The van der Waals surface area contributed by atoms with Crippen molar-refractivity contribution in [2.75, 3.05) is 13.7 Å². The second kappa shape index (κ2) is 11.6. The van der Waals surface area contributed by atoms with Crippen LogP contribution in [0.25, 0.3) is 22.0 Å². The molecule has 0 fully saturated rings. The van der Waals surface area contributed by atoms with Gasteiger partial charge in [0.1, 0.15) is 30.5 Å². The van der Waals surface area contributed by atoms with E-state index in [9.17, 15) is 19.5 Å². The van der Waals surface area contributed by atoms with Gasteiger partial charge in [0.2, 0.25) is 0 Å². The Morgan fingerprint density at radius 1 is 0.976 bits per heavy atom. The molecule has 1 atom stereocenters. The van der Waals surface area contributed by atoms with Crippen molar-refractivity contribution in [1.82, 2.24) is 9.88 Å². The lowest BCUT2D eigenvalue weighted by molar-refractivity contribution is -0.155. The first-order chi connectivity index (χ1) is 20.0. The topological polar surface area (TPSA) is 116 Å². The van der Waals surface area contributed by atoms with Gasteiger partial charge in [-0.25, -0.2) is 9.59 Å². The van der Waals surface area contributed by atoms with E-state index in [0.29, 0.717) is 22.2 Å². The number of carboxylic acid groups (broad SMARTS) is 1. The normalized spacial score (nSPS) is 13.2. The van der Waals surface area contributed by atoms with E-state index >= 15 is 0 Å². The fourth-order valence-corrected chi connectivity index (χ4v) is 5.49. The predicted molar refractivity (Wildman–Crippen MR) is 158 cm³/mol. The van der Waals surface area contributed by atoms with E-state index in [1.165, 1.54) is 7.11 Å². The zero-order valence-corrected chi connectivity index (χ0v) is 24.0. The highest BCUT2D eigenvalue weighted by Gasteiger charge is 2.30. The minimum absolute atomic E-state index is 0.0372. The predicted octanol–water partition coefficient (Wildman–Crippen LogP) is 5.53. The molecule has 0 aliphatic heterocycles. The smallest absolute Gasteiger partial charge is 0.407 e. The number of rotatable bonds is 9. The first-order valence-electron chi connectivity index (χ1n) is 13.8. The average molecular weight is 571 g/mol. The number of aliphatic carboxylic acids is 1. The minimum Gasteiger partial charge on any atom is -0.497 e. The Labute approximate surface area is 244 Å². The molecule has 9 heteroatoms. The first kappa shape index (κ1) is 28.7. The lowest BCUT2D eigenvalue weighted by atomic mass is 9.98. The molecule has 2 N–H and O–H groups in total. The summed E-state index contributed by atoms with van der Waals surface area (Å²) in [6.45, 7) is 5.39. The molecule has 0 saturated heterocycles. The Hall–Kier alpha value is -4.79. The van der Waals surface area contributed by atoms with E-state index in [-0.39, 0.29) is 25.5 Å². The number of esters is 1. The molecular weight excluding hydrogens is 536 g/mol. The maximum atomic E-state index is 12.9. The van der Waals surface area contributed by atoms with Crippen LogP contribution in [-0.2, 0) is 32.0 Å². The number of hydrogen-bond acceptors (Lipinski definition) is 6. The van der Waals surface area contributed by atoms with E-state index in [1.54, 1.807) is 49.7 Å². The van der Waals surface area contributed by atoms with Crippen molar-refractivity contribution in [1.29, 1.82) is 0 Å². The van der Waals surface area contributed by atoms with Crippen LogP contribution in [0.4, 0.5) is 4.79 Å². The summed E-state index contributed by atoms with van der Waals surface area (Å²) in [5, 5.41) is 13.2. The van der Waals surface area contributed by atoms with Crippen molar-refractivity contribution >= 4 is 28.9 Å². The van der Waals surface area contributed by atoms with Crippen LogP contribution in [0.3, 0.4) is 0 Å². The third kappa shape index (κ3) is 6.10. The number of carbonyl (C=O) groups is 3. The summed E-state index contributed by atoms with van der Waals surface area (Å²) in [5.74, 6) is -1.20. The highest BCUT2D eigenvalue weighted by atomic mass is 16.6. The zero-order valence-electron chi connectivity index (χ0n) is 24.0. The molecule has 1 aromatic heterocycles. The number of carbonyl (C=O) groups excluding carboxylic acids is 2. The Balaban J connectivity index is 1.32. The molecule has 0 spiro atoms. The number of carboxylic acids is 1. The van der Waals surface area contributed by atoms with E-state index in [1.807, 2.05) is 48.5 Å². The quantitative estimate of drug-likeness (QED) is 0.254. The van der Waals surface area contributed by atoms with Crippen LogP contribution in [0, 0.1) is 0 Å².